The van der Waals surface area contributed by atoms with E-state index in [9.17, 15) is 40.2 Å². The molecule has 0 bridgehead atoms. The first-order chi connectivity index (χ1) is 18.3. The molecule has 38 heavy (non-hydrogen) atoms. The molecule has 0 saturated heterocycles. The maximum Gasteiger partial charge on any atom is 0.201 e. The van der Waals surface area contributed by atoms with E-state index >= 15 is 0 Å². The highest BCUT2D eigenvalue weighted by Gasteiger charge is 2.45. The van der Waals surface area contributed by atoms with Gasteiger partial charge in [0, 0.05) is 11.8 Å². The van der Waals surface area contributed by atoms with E-state index in [1.807, 2.05) is 0 Å². The van der Waals surface area contributed by atoms with Gasteiger partial charge in [-0.05, 0) is 57.6 Å². The van der Waals surface area contributed by atoms with Gasteiger partial charge in [-0.2, -0.15) is 0 Å². The Morgan fingerprint density at radius 3 is 1.24 bits per heavy atom. The van der Waals surface area contributed by atoms with Crippen LogP contribution in [0.3, 0.4) is 0 Å². The van der Waals surface area contributed by atoms with Crippen molar-refractivity contribution in [3.63, 3.8) is 0 Å². The van der Waals surface area contributed by atoms with Gasteiger partial charge in [0.2, 0.25) is 11.6 Å². The number of aromatic hydroxyl groups is 4. The zero-order valence-corrected chi connectivity index (χ0v) is 19.8. The van der Waals surface area contributed by atoms with E-state index in [-0.39, 0.29) is 45.3 Å². The topological polar surface area (TPSA) is 156 Å². The van der Waals surface area contributed by atoms with Gasteiger partial charge in [-0.3, -0.25) is 9.59 Å². The van der Waals surface area contributed by atoms with Crippen molar-refractivity contribution in [2.75, 3.05) is 0 Å². The minimum atomic E-state index is -0.803. The molecule has 2 atom stereocenters. The van der Waals surface area contributed by atoms with Gasteiger partial charge >= 0.3 is 0 Å². The van der Waals surface area contributed by atoms with E-state index in [1.54, 1.807) is 36.4 Å². The van der Waals surface area contributed by atoms with Gasteiger partial charge in [-0.15, -0.1) is 0 Å². The smallest absolute Gasteiger partial charge is 0.201 e. The Morgan fingerprint density at radius 1 is 0.500 bits per heavy atom. The maximum atomic E-state index is 13.6. The summed E-state index contributed by atoms with van der Waals surface area (Å²) in [7, 11) is 0. The molecule has 6 rings (SSSR count). The Balaban J connectivity index is 1.77. The highest BCUT2D eigenvalue weighted by Crippen LogP contribution is 2.55. The highest BCUT2D eigenvalue weighted by molar-refractivity contribution is 6.18. The summed E-state index contributed by atoms with van der Waals surface area (Å²) in [5, 5.41) is 63.1. The second-order valence-corrected chi connectivity index (χ2v) is 9.57. The second-order valence-electron chi connectivity index (χ2n) is 9.57. The number of aliphatic hydroxyl groups is 2. The molecule has 0 aromatic heterocycles. The minimum absolute atomic E-state index is 0.0141. The molecule has 8 nitrogen and oxygen atoms in total. The van der Waals surface area contributed by atoms with E-state index < -0.39 is 36.6 Å². The van der Waals surface area contributed by atoms with Crippen LogP contribution in [0, 0.1) is 0 Å². The van der Waals surface area contributed by atoms with Crippen molar-refractivity contribution in [2.45, 2.75) is 25.0 Å². The van der Waals surface area contributed by atoms with Crippen molar-refractivity contribution < 1.29 is 40.2 Å². The van der Waals surface area contributed by atoms with E-state index in [4.69, 9.17) is 0 Å². The number of phenolic OH excluding ortho intramolecular Hbond substituents is 4. The first kappa shape index (κ1) is 23.7. The minimum Gasteiger partial charge on any atom is -0.507 e. The Labute approximate surface area is 216 Å². The zero-order chi connectivity index (χ0) is 26.9. The SMILES string of the molecule is O=C1c2c(O)cccc2[C@@H]([C@H]2c3cccc(O)c3C(=O)c3c(O)cc(CO)cc32)c2cc(CO)cc(O)c21. The molecule has 0 spiro atoms. The fraction of sp³-hybridized carbons (Fsp3) is 0.133. The van der Waals surface area contributed by atoms with Gasteiger partial charge in [0.05, 0.1) is 35.5 Å². The number of hydrogen-bond donors (Lipinski definition) is 6. The fourth-order valence-corrected chi connectivity index (χ4v) is 6.02. The lowest BCUT2D eigenvalue weighted by atomic mass is 9.63. The fourth-order valence-electron chi connectivity index (χ4n) is 6.02. The third-order valence-electron chi connectivity index (χ3n) is 7.51. The second kappa shape index (κ2) is 8.44. The predicted molar refractivity (Wildman–Crippen MR) is 135 cm³/mol. The molecule has 0 fully saturated rings. The largest absolute Gasteiger partial charge is 0.507 e. The first-order valence-corrected chi connectivity index (χ1v) is 11.9. The number of phenols is 4. The Morgan fingerprint density at radius 2 is 0.868 bits per heavy atom. The number of ketones is 2. The van der Waals surface area contributed by atoms with Crippen LogP contribution < -0.4 is 0 Å². The average Bonchev–Trinajstić information content (AvgIpc) is 2.89. The van der Waals surface area contributed by atoms with Gasteiger partial charge in [0.25, 0.3) is 0 Å². The summed E-state index contributed by atoms with van der Waals surface area (Å²) in [5.74, 6) is -4.11. The van der Waals surface area contributed by atoms with Gasteiger partial charge in [-0.25, -0.2) is 0 Å². The summed E-state index contributed by atoms with van der Waals surface area (Å²) < 4.78 is 0. The molecule has 0 aliphatic heterocycles. The van der Waals surface area contributed by atoms with Crippen LogP contribution in [0.15, 0.2) is 60.7 Å². The molecule has 4 aromatic rings. The Bertz CT molecular complexity index is 1560. The summed E-state index contributed by atoms with van der Waals surface area (Å²) in [6, 6.07) is 15.0. The van der Waals surface area contributed by atoms with Crippen molar-refractivity contribution in [3.05, 3.63) is 116 Å². The Hall–Kier alpha value is -4.66. The van der Waals surface area contributed by atoms with Crippen molar-refractivity contribution in [1.82, 2.24) is 0 Å². The quantitative estimate of drug-likeness (QED) is 0.244. The summed E-state index contributed by atoms with van der Waals surface area (Å²) in [6.45, 7) is -0.831. The molecule has 0 radical (unpaired) electrons. The normalized spacial score (nSPS) is 17.4. The lowest BCUT2D eigenvalue weighted by molar-refractivity contribution is 0.101. The van der Waals surface area contributed by atoms with Crippen LogP contribution in [0.2, 0.25) is 0 Å². The maximum absolute atomic E-state index is 13.6. The van der Waals surface area contributed by atoms with E-state index in [1.165, 1.54) is 24.3 Å². The molecule has 2 aliphatic carbocycles. The zero-order valence-electron chi connectivity index (χ0n) is 19.8. The van der Waals surface area contributed by atoms with Crippen molar-refractivity contribution in [3.8, 4) is 23.0 Å². The van der Waals surface area contributed by atoms with E-state index in [2.05, 4.69) is 0 Å². The lowest BCUT2D eigenvalue weighted by Gasteiger charge is -2.38. The number of carbonyl (C=O) groups is 2. The highest BCUT2D eigenvalue weighted by atomic mass is 16.3. The molecular weight excluding hydrogens is 488 g/mol. The standard InChI is InChI=1S/C30H22O8/c31-11-13-7-17-23(15-3-1-5-19(33)25(15)29(37)27(17)21(35)9-13)24-16-4-2-6-20(34)26(16)30(38)28-18(24)8-14(12-32)10-22(28)36/h1-10,23-24,31-36H,11-12H2/t23-,24+. The summed E-state index contributed by atoms with van der Waals surface area (Å²) >= 11 is 0. The molecule has 0 saturated carbocycles. The van der Waals surface area contributed by atoms with Crippen molar-refractivity contribution in [2.24, 2.45) is 0 Å². The summed E-state index contributed by atoms with van der Waals surface area (Å²) in [6.07, 6.45) is 0. The van der Waals surface area contributed by atoms with Gasteiger partial charge in [0.15, 0.2) is 0 Å². The summed E-state index contributed by atoms with van der Waals surface area (Å²) in [4.78, 5) is 27.2. The van der Waals surface area contributed by atoms with Crippen LogP contribution in [-0.2, 0) is 13.2 Å². The third-order valence-corrected chi connectivity index (χ3v) is 7.51. The summed E-state index contributed by atoms with van der Waals surface area (Å²) in [5.41, 5.74) is 2.08. The monoisotopic (exact) mass is 510 g/mol. The number of hydrogen-bond acceptors (Lipinski definition) is 8. The van der Waals surface area contributed by atoms with Gasteiger partial charge < -0.3 is 30.6 Å². The van der Waals surface area contributed by atoms with Crippen LogP contribution >= 0.6 is 0 Å². The number of benzene rings is 4. The molecule has 8 heteroatoms. The molecule has 0 heterocycles. The van der Waals surface area contributed by atoms with Crippen LogP contribution in [0.4, 0.5) is 0 Å². The van der Waals surface area contributed by atoms with E-state index in [0.29, 0.717) is 33.4 Å². The number of fused-ring (bicyclic) bond motifs is 4. The van der Waals surface area contributed by atoms with Crippen molar-refractivity contribution in [1.29, 1.82) is 0 Å². The van der Waals surface area contributed by atoms with E-state index in [0.717, 1.165) is 0 Å². The molecule has 0 amide bonds. The number of carbonyl (C=O) groups excluding carboxylic acids is 2. The first-order valence-electron chi connectivity index (χ1n) is 11.9. The van der Waals surface area contributed by atoms with Gasteiger partial charge in [-0.1, -0.05) is 36.4 Å². The molecular formula is C30H22O8. The lowest BCUT2D eigenvalue weighted by Crippen LogP contribution is -2.29. The van der Waals surface area contributed by atoms with Crippen LogP contribution in [0.1, 0.15) is 77.1 Å². The van der Waals surface area contributed by atoms with Crippen molar-refractivity contribution >= 4 is 11.6 Å². The molecule has 190 valence electrons. The molecule has 6 N–H and O–H groups in total. The van der Waals surface area contributed by atoms with Gasteiger partial charge in [0.1, 0.15) is 23.0 Å². The Kier molecular flexibility index (Phi) is 5.27. The molecule has 4 aromatic carbocycles. The number of aliphatic hydroxyl groups excluding tert-OH is 2. The average molecular weight is 510 g/mol. The predicted octanol–water partition coefficient (Wildman–Crippen LogP) is 3.55. The third kappa shape index (κ3) is 3.17. The van der Waals surface area contributed by atoms with Crippen LogP contribution in [-0.4, -0.2) is 42.2 Å². The van der Waals surface area contributed by atoms with Crippen LogP contribution in [0.5, 0.6) is 23.0 Å². The molecule has 2 aliphatic rings. The number of rotatable bonds is 3. The van der Waals surface area contributed by atoms with Crippen LogP contribution in [0.25, 0.3) is 0 Å². The molecule has 0 unspecified atom stereocenters.